The molecule has 4 unspecified atom stereocenters. The molecule has 0 heterocycles. The quantitative estimate of drug-likeness (QED) is 0.863. The number of benzene rings is 1. The Labute approximate surface area is 126 Å². The second kappa shape index (κ2) is 4.30. The number of carbonyl (C=O) groups is 1. The van der Waals surface area contributed by atoms with Crippen molar-refractivity contribution in [2.24, 2.45) is 29.6 Å². The van der Waals surface area contributed by atoms with E-state index in [0.717, 1.165) is 23.1 Å². The third-order valence-electron chi connectivity index (χ3n) is 5.56. The van der Waals surface area contributed by atoms with Gasteiger partial charge in [-0.2, -0.15) is 0 Å². The molecule has 0 saturated heterocycles. The van der Waals surface area contributed by atoms with Gasteiger partial charge in [-0.3, -0.25) is 4.79 Å². The summed E-state index contributed by atoms with van der Waals surface area (Å²) in [4.78, 5) is 12.4. The van der Waals surface area contributed by atoms with E-state index in [2.05, 4.69) is 21.2 Å². The third kappa shape index (κ3) is 1.77. The smallest absolute Gasteiger partial charge is 0.228 e. The van der Waals surface area contributed by atoms with Gasteiger partial charge in [-0.05, 0) is 83.5 Å². The first-order valence-electron chi connectivity index (χ1n) is 7.33. The molecule has 0 aliphatic heterocycles. The Bertz CT molecular complexity index is 586. The summed E-state index contributed by atoms with van der Waals surface area (Å²) in [5.41, 5.74) is 1.49. The molecule has 3 saturated carbocycles. The Hall–Kier alpha value is -0.900. The standard InChI is InChI=1S/C16H17BrFNO/c1-7-4-11(18)10(17)6-12(7)19-16(20)15-13-8-2-3-9(5-8)14(13)15/h4,6,8-9,13-15H,2-3,5H2,1H3,(H,19,20). The summed E-state index contributed by atoms with van der Waals surface area (Å²) in [5, 5.41) is 3.00. The zero-order valence-electron chi connectivity index (χ0n) is 11.3. The second-order valence-corrected chi connectivity index (χ2v) is 7.44. The summed E-state index contributed by atoms with van der Waals surface area (Å²) >= 11 is 3.17. The zero-order chi connectivity index (χ0) is 14.0. The van der Waals surface area contributed by atoms with Crippen LogP contribution in [-0.4, -0.2) is 5.91 Å². The van der Waals surface area contributed by atoms with Crippen molar-refractivity contribution in [3.63, 3.8) is 0 Å². The normalized spacial score (nSPS) is 36.9. The minimum atomic E-state index is -0.290. The van der Waals surface area contributed by atoms with Gasteiger partial charge in [-0.15, -0.1) is 0 Å². The number of nitrogens with one attached hydrogen (secondary N) is 1. The van der Waals surface area contributed by atoms with Crippen LogP contribution in [0.3, 0.4) is 0 Å². The average molecular weight is 338 g/mol. The molecule has 0 aromatic heterocycles. The number of rotatable bonds is 2. The summed E-state index contributed by atoms with van der Waals surface area (Å²) in [6.45, 7) is 1.82. The average Bonchev–Trinajstić information content (AvgIpc) is 2.85. The van der Waals surface area contributed by atoms with Gasteiger partial charge in [0.15, 0.2) is 0 Å². The highest BCUT2D eigenvalue weighted by Crippen LogP contribution is 2.69. The molecule has 3 aliphatic rings. The molecule has 106 valence electrons. The maximum atomic E-state index is 13.4. The van der Waals surface area contributed by atoms with Crippen molar-refractivity contribution < 1.29 is 9.18 Å². The van der Waals surface area contributed by atoms with Crippen LogP contribution in [0.2, 0.25) is 0 Å². The van der Waals surface area contributed by atoms with E-state index in [0.29, 0.717) is 16.3 Å². The Morgan fingerprint density at radius 3 is 2.60 bits per heavy atom. The van der Waals surface area contributed by atoms with Gasteiger partial charge in [0, 0.05) is 11.6 Å². The maximum Gasteiger partial charge on any atom is 0.228 e. The molecule has 2 bridgehead atoms. The fourth-order valence-electron chi connectivity index (χ4n) is 4.67. The van der Waals surface area contributed by atoms with Gasteiger partial charge in [0.25, 0.3) is 0 Å². The summed E-state index contributed by atoms with van der Waals surface area (Å²) in [5.74, 6) is 2.92. The van der Waals surface area contributed by atoms with Gasteiger partial charge >= 0.3 is 0 Å². The van der Waals surface area contributed by atoms with Crippen LogP contribution in [0.1, 0.15) is 24.8 Å². The van der Waals surface area contributed by atoms with Crippen LogP contribution in [0.25, 0.3) is 0 Å². The van der Waals surface area contributed by atoms with Crippen LogP contribution in [0.5, 0.6) is 0 Å². The SMILES string of the molecule is Cc1cc(F)c(Br)cc1NC(=O)C1C2C3CCC(C3)C12. The van der Waals surface area contributed by atoms with E-state index in [1.54, 1.807) is 6.07 Å². The lowest BCUT2D eigenvalue weighted by atomic mass is 10.0. The molecule has 0 spiro atoms. The molecule has 4 heteroatoms. The lowest BCUT2D eigenvalue weighted by molar-refractivity contribution is -0.118. The molecule has 20 heavy (non-hydrogen) atoms. The molecule has 2 nitrogen and oxygen atoms in total. The summed E-state index contributed by atoms with van der Waals surface area (Å²) in [6.07, 6.45) is 3.98. The minimum Gasteiger partial charge on any atom is -0.326 e. The van der Waals surface area contributed by atoms with Crippen LogP contribution in [-0.2, 0) is 4.79 Å². The van der Waals surface area contributed by atoms with Crippen molar-refractivity contribution in [1.82, 2.24) is 0 Å². The highest BCUT2D eigenvalue weighted by molar-refractivity contribution is 9.10. The molecule has 4 atom stereocenters. The lowest BCUT2D eigenvalue weighted by Crippen LogP contribution is -2.19. The Kier molecular flexibility index (Phi) is 2.75. The molecule has 1 aromatic rings. The molecule has 1 aromatic carbocycles. The summed E-state index contributed by atoms with van der Waals surface area (Å²) in [6, 6.07) is 3.12. The van der Waals surface area contributed by atoms with E-state index in [9.17, 15) is 9.18 Å². The summed E-state index contributed by atoms with van der Waals surface area (Å²) < 4.78 is 13.8. The first-order valence-corrected chi connectivity index (χ1v) is 8.12. The van der Waals surface area contributed by atoms with Gasteiger partial charge in [0.1, 0.15) is 5.82 Å². The molecular formula is C16H17BrFNO. The van der Waals surface area contributed by atoms with Crippen LogP contribution in [0.4, 0.5) is 10.1 Å². The number of fused-ring (bicyclic) bond motifs is 5. The number of carbonyl (C=O) groups excluding carboxylic acids is 1. The highest BCUT2D eigenvalue weighted by Gasteiger charge is 2.67. The monoisotopic (exact) mass is 337 g/mol. The third-order valence-corrected chi connectivity index (χ3v) is 6.17. The number of hydrogen-bond donors (Lipinski definition) is 1. The largest absolute Gasteiger partial charge is 0.326 e. The fraction of sp³-hybridized carbons (Fsp3) is 0.562. The van der Waals surface area contributed by atoms with Crippen molar-refractivity contribution in [3.05, 3.63) is 28.0 Å². The minimum absolute atomic E-state index is 0.137. The van der Waals surface area contributed by atoms with E-state index in [-0.39, 0.29) is 17.6 Å². The Morgan fingerprint density at radius 2 is 1.95 bits per heavy atom. The van der Waals surface area contributed by atoms with Crippen molar-refractivity contribution in [3.8, 4) is 0 Å². The van der Waals surface area contributed by atoms with E-state index >= 15 is 0 Å². The van der Waals surface area contributed by atoms with Crippen LogP contribution in [0, 0.1) is 42.3 Å². The predicted octanol–water partition coefficient (Wildman–Crippen LogP) is 4.13. The number of hydrogen-bond acceptors (Lipinski definition) is 1. The van der Waals surface area contributed by atoms with Crippen LogP contribution >= 0.6 is 15.9 Å². The van der Waals surface area contributed by atoms with Crippen molar-refractivity contribution in [2.75, 3.05) is 5.32 Å². The van der Waals surface area contributed by atoms with E-state index in [1.807, 2.05) is 6.92 Å². The lowest BCUT2D eigenvalue weighted by Gasteiger charge is -2.12. The number of anilines is 1. The molecule has 4 rings (SSSR count). The molecular weight excluding hydrogens is 321 g/mol. The van der Waals surface area contributed by atoms with Crippen molar-refractivity contribution in [2.45, 2.75) is 26.2 Å². The Balaban J connectivity index is 1.51. The van der Waals surface area contributed by atoms with Crippen molar-refractivity contribution >= 4 is 27.5 Å². The molecule has 1 amide bonds. The topological polar surface area (TPSA) is 29.1 Å². The zero-order valence-corrected chi connectivity index (χ0v) is 12.9. The number of aryl methyl sites for hydroxylation is 1. The van der Waals surface area contributed by atoms with Gasteiger partial charge in [0.2, 0.25) is 5.91 Å². The predicted molar refractivity (Wildman–Crippen MR) is 78.8 cm³/mol. The van der Waals surface area contributed by atoms with Crippen LogP contribution in [0.15, 0.2) is 16.6 Å². The van der Waals surface area contributed by atoms with E-state index < -0.39 is 0 Å². The van der Waals surface area contributed by atoms with Crippen LogP contribution < -0.4 is 5.32 Å². The first-order chi connectivity index (χ1) is 9.56. The van der Waals surface area contributed by atoms with Gasteiger partial charge in [-0.25, -0.2) is 4.39 Å². The molecule has 3 aliphatic carbocycles. The molecule has 0 radical (unpaired) electrons. The fourth-order valence-corrected chi connectivity index (χ4v) is 5.02. The van der Waals surface area contributed by atoms with E-state index in [4.69, 9.17) is 0 Å². The molecule has 1 N–H and O–H groups in total. The number of amides is 1. The first kappa shape index (κ1) is 12.8. The van der Waals surface area contributed by atoms with Crippen molar-refractivity contribution in [1.29, 1.82) is 0 Å². The Morgan fingerprint density at radius 1 is 1.30 bits per heavy atom. The second-order valence-electron chi connectivity index (χ2n) is 6.58. The van der Waals surface area contributed by atoms with Gasteiger partial charge < -0.3 is 5.32 Å². The molecule has 3 fully saturated rings. The number of halogens is 2. The van der Waals surface area contributed by atoms with Gasteiger partial charge in [-0.1, -0.05) is 0 Å². The highest BCUT2D eigenvalue weighted by atomic mass is 79.9. The maximum absolute atomic E-state index is 13.4. The summed E-state index contributed by atoms with van der Waals surface area (Å²) in [7, 11) is 0. The van der Waals surface area contributed by atoms with E-state index in [1.165, 1.54) is 25.3 Å². The van der Waals surface area contributed by atoms with Gasteiger partial charge in [0.05, 0.1) is 4.47 Å².